The molecule has 0 saturated carbocycles. The van der Waals surface area contributed by atoms with E-state index in [1.165, 1.54) is 6.20 Å². The van der Waals surface area contributed by atoms with E-state index in [2.05, 4.69) is 20.3 Å². The van der Waals surface area contributed by atoms with E-state index in [0.29, 0.717) is 16.0 Å². The minimum Gasteiger partial charge on any atom is -0.356 e. The molecule has 3 rings (SSSR count). The maximum absolute atomic E-state index is 6.11. The summed E-state index contributed by atoms with van der Waals surface area (Å²) in [4.78, 5) is 12.7. The molecule has 0 aliphatic rings. The average Bonchev–Trinajstić information content (AvgIpc) is 2.53. The summed E-state index contributed by atoms with van der Waals surface area (Å²) in [5.74, 6) is 0.572. The highest BCUT2D eigenvalue weighted by atomic mass is 35.5. The van der Waals surface area contributed by atoms with Gasteiger partial charge in [0.15, 0.2) is 0 Å². The second kappa shape index (κ2) is 6.73. The Morgan fingerprint density at radius 2 is 1.91 bits per heavy atom. The quantitative estimate of drug-likeness (QED) is 0.771. The largest absolute Gasteiger partial charge is 0.356 e. The van der Waals surface area contributed by atoms with Crippen molar-refractivity contribution in [2.75, 3.05) is 5.32 Å². The van der Waals surface area contributed by atoms with Gasteiger partial charge in [0.05, 0.1) is 24.1 Å². The molecule has 0 aliphatic carbocycles. The van der Waals surface area contributed by atoms with E-state index in [-0.39, 0.29) is 6.04 Å². The van der Waals surface area contributed by atoms with E-state index in [1.54, 1.807) is 12.4 Å². The van der Waals surface area contributed by atoms with Crippen molar-refractivity contribution in [2.45, 2.75) is 6.04 Å². The van der Waals surface area contributed by atoms with E-state index in [4.69, 9.17) is 23.2 Å². The zero-order chi connectivity index (χ0) is 15.4. The summed E-state index contributed by atoms with van der Waals surface area (Å²) in [6.07, 6.45) is 4.85. The van der Waals surface area contributed by atoms with Gasteiger partial charge in [-0.15, -0.1) is 0 Å². The van der Waals surface area contributed by atoms with E-state index >= 15 is 0 Å². The summed E-state index contributed by atoms with van der Waals surface area (Å²) < 4.78 is 0. The third-order valence-corrected chi connectivity index (χ3v) is 3.48. The van der Waals surface area contributed by atoms with E-state index in [9.17, 15) is 0 Å². The molecule has 2 heterocycles. The fraction of sp³-hybridized carbons (Fsp3) is 0.0625. The minimum atomic E-state index is -0.201. The maximum atomic E-state index is 6.11. The molecule has 2 aromatic heterocycles. The molecule has 1 aromatic carbocycles. The highest BCUT2D eigenvalue weighted by Crippen LogP contribution is 2.26. The number of pyridine rings is 1. The van der Waals surface area contributed by atoms with Crippen LogP contribution < -0.4 is 5.32 Å². The Bertz CT molecular complexity index is 765. The molecule has 1 unspecified atom stereocenters. The second-order valence-electron chi connectivity index (χ2n) is 4.61. The van der Waals surface area contributed by atoms with E-state index < -0.39 is 0 Å². The first kappa shape index (κ1) is 14.8. The number of hydrogen-bond donors (Lipinski definition) is 1. The van der Waals surface area contributed by atoms with Gasteiger partial charge in [-0.25, -0.2) is 4.98 Å². The lowest BCUT2D eigenvalue weighted by Gasteiger charge is -2.19. The SMILES string of the molecule is Clc1cccc(C(Nc2cncc(Cl)n2)c2ccccn2)c1. The maximum Gasteiger partial charge on any atom is 0.149 e. The Balaban J connectivity index is 2.00. The van der Waals surface area contributed by atoms with Gasteiger partial charge in [-0.1, -0.05) is 41.4 Å². The normalized spacial score (nSPS) is 11.9. The van der Waals surface area contributed by atoms with Gasteiger partial charge in [-0.2, -0.15) is 0 Å². The first-order chi connectivity index (χ1) is 10.7. The Morgan fingerprint density at radius 1 is 1.00 bits per heavy atom. The molecule has 22 heavy (non-hydrogen) atoms. The third-order valence-electron chi connectivity index (χ3n) is 3.06. The lowest BCUT2D eigenvalue weighted by Crippen LogP contribution is -2.14. The van der Waals surface area contributed by atoms with Crippen LogP contribution in [0.1, 0.15) is 17.3 Å². The smallest absolute Gasteiger partial charge is 0.149 e. The number of nitrogens with one attached hydrogen (secondary N) is 1. The summed E-state index contributed by atoms with van der Waals surface area (Å²) >= 11 is 12.0. The summed E-state index contributed by atoms with van der Waals surface area (Å²) in [6.45, 7) is 0. The Hall–Kier alpha value is -2.17. The van der Waals surface area contributed by atoms with Gasteiger partial charge in [0.2, 0.25) is 0 Å². The standard InChI is InChI=1S/C16H12Cl2N4/c17-12-5-3-4-11(8-12)16(13-6-1-2-7-20-13)22-15-10-19-9-14(18)21-15/h1-10,16H,(H,21,22). The summed E-state index contributed by atoms with van der Waals surface area (Å²) in [5, 5.41) is 4.29. The predicted molar refractivity (Wildman–Crippen MR) is 88.2 cm³/mol. The first-order valence-electron chi connectivity index (χ1n) is 6.63. The average molecular weight is 331 g/mol. The third kappa shape index (κ3) is 3.53. The molecule has 0 fully saturated rings. The molecule has 0 spiro atoms. The number of anilines is 1. The van der Waals surface area contributed by atoms with Crippen LogP contribution in [0.3, 0.4) is 0 Å². The fourth-order valence-corrected chi connectivity index (χ4v) is 2.47. The zero-order valence-electron chi connectivity index (χ0n) is 11.4. The molecule has 0 saturated heterocycles. The number of halogens is 2. The molecule has 1 N–H and O–H groups in total. The van der Waals surface area contributed by atoms with E-state index in [0.717, 1.165) is 11.3 Å². The van der Waals surface area contributed by atoms with E-state index in [1.807, 2.05) is 42.5 Å². The van der Waals surface area contributed by atoms with Crippen molar-refractivity contribution in [3.05, 3.63) is 82.5 Å². The number of hydrogen-bond acceptors (Lipinski definition) is 4. The molecule has 0 radical (unpaired) electrons. The van der Waals surface area contributed by atoms with Crippen LogP contribution in [-0.2, 0) is 0 Å². The lowest BCUT2D eigenvalue weighted by atomic mass is 10.0. The molecule has 0 aliphatic heterocycles. The van der Waals surface area contributed by atoms with Crippen molar-refractivity contribution < 1.29 is 0 Å². The first-order valence-corrected chi connectivity index (χ1v) is 7.38. The molecule has 110 valence electrons. The van der Waals surface area contributed by atoms with Crippen molar-refractivity contribution in [3.63, 3.8) is 0 Å². The molecule has 0 amide bonds. The van der Waals surface area contributed by atoms with Crippen LogP contribution in [0, 0.1) is 0 Å². The summed E-state index contributed by atoms with van der Waals surface area (Å²) in [7, 11) is 0. The van der Waals surface area contributed by atoms with Crippen LogP contribution in [0.2, 0.25) is 10.2 Å². The van der Waals surface area contributed by atoms with Crippen molar-refractivity contribution in [3.8, 4) is 0 Å². The monoisotopic (exact) mass is 330 g/mol. The van der Waals surface area contributed by atoms with Gasteiger partial charge in [-0.05, 0) is 29.8 Å². The molecule has 4 nitrogen and oxygen atoms in total. The number of nitrogens with zero attached hydrogens (tertiary/aromatic N) is 3. The zero-order valence-corrected chi connectivity index (χ0v) is 13.0. The number of aromatic nitrogens is 3. The van der Waals surface area contributed by atoms with Gasteiger partial charge in [-0.3, -0.25) is 9.97 Å². The van der Waals surface area contributed by atoms with Crippen LogP contribution in [0.4, 0.5) is 5.82 Å². The molecule has 0 bridgehead atoms. The molecular weight excluding hydrogens is 319 g/mol. The van der Waals surface area contributed by atoms with Crippen LogP contribution in [-0.4, -0.2) is 15.0 Å². The van der Waals surface area contributed by atoms with Gasteiger partial charge in [0.25, 0.3) is 0 Å². The van der Waals surface area contributed by atoms with Crippen molar-refractivity contribution >= 4 is 29.0 Å². The lowest BCUT2D eigenvalue weighted by molar-refractivity contribution is 0.875. The fourth-order valence-electron chi connectivity index (χ4n) is 2.12. The topological polar surface area (TPSA) is 50.7 Å². The van der Waals surface area contributed by atoms with Gasteiger partial charge in [0.1, 0.15) is 11.0 Å². The summed E-state index contributed by atoms with van der Waals surface area (Å²) in [5.41, 5.74) is 1.83. The highest BCUT2D eigenvalue weighted by Gasteiger charge is 2.16. The highest BCUT2D eigenvalue weighted by molar-refractivity contribution is 6.30. The Labute approximate surface area is 138 Å². The molecular formula is C16H12Cl2N4. The van der Waals surface area contributed by atoms with Crippen LogP contribution in [0.25, 0.3) is 0 Å². The van der Waals surface area contributed by atoms with Crippen LogP contribution in [0.5, 0.6) is 0 Å². The van der Waals surface area contributed by atoms with Crippen molar-refractivity contribution in [1.82, 2.24) is 15.0 Å². The van der Waals surface area contributed by atoms with Crippen LogP contribution >= 0.6 is 23.2 Å². The Kier molecular flexibility index (Phi) is 4.51. The summed E-state index contributed by atoms with van der Waals surface area (Å²) in [6, 6.07) is 13.2. The van der Waals surface area contributed by atoms with Crippen molar-refractivity contribution in [2.24, 2.45) is 0 Å². The number of benzene rings is 1. The molecule has 1 atom stereocenters. The molecule has 6 heteroatoms. The Morgan fingerprint density at radius 3 is 2.64 bits per heavy atom. The van der Waals surface area contributed by atoms with Gasteiger partial charge < -0.3 is 5.32 Å². The van der Waals surface area contributed by atoms with Crippen LogP contribution in [0.15, 0.2) is 61.1 Å². The van der Waals surface area contributed by atoms with Gasteiger partial charge in [0, 0.05) is 11.2 Å². The second-order valence-corrected chi connectivity index (χ2v) is 5.44. The predicted octanol–water partition coefficient (Wildman–Crippen LogP) is 4.38. The molecule has 3 aromatic rings. The van der Waals surface area contributed by atoms with Gasteiger partial charge >= 0.3 is 0 Å². The number of rotatable bonds is 4. The van der Waals surface area contributed by atoms with Crippen molar-refractivity contribution in [1.29, 1.82) is 0 Å². The minimum absolute atomic E-state index is 0.201.